The van der Waals surface area contributed by atoms with Crippen molar-refractivity contribution in [3.63, 3.8) is 0 Å². The molecular weight excluding hydrogens is 200 g/mol. The lowest BCUT2D eigenvalue weighted by Gasteiger charge is -2.15. The molecule has 16 heavy (non-hydrogen) atoms. The fraction of sp³-hybridized carbons (Fsp3) is 0.750. The van der Waals surface area contributed by atoms with Crippen LogP contribution in [0.25, 0.3) is 0 Å². The van der Waals surface area contributed by atoms with Crippen molar-refractivity contribution in [2.45, 2.75) is 31.8 Å². The van der Waals surface area contributed by atoms with Crippen LogP contribution >= 0.6 is 0 Å². The highest BCUT2D eigenvalue weighted by Crippen LogP contribution is 2.10. The minimum atomic E-state index is 0.659. The number of hydrogen-bond acceptors (Lipinski definition) is 3. The van der Waals surface area contributed by atoms with Crippen molar-refractivity contribution in [1.29, 1.82) is 0 Å². The molecule has 2 heterocycles. The molecule has 1 aliphatic heterocycles. The summed E-state index contributed by atoms with van der Waals surface area (Å²) >= 11 is 0. The summed E-state index contributed by atoms with van der Waals surface area (Å²) in [5.41, 5.74) is 1.14. The maximum Gasteiger partial charge on any atom is 0.0762 e. The zero-order chi connectivity index (χ0) is 11.4. The zero-order valence-electron chi connectivity index (χ0n) is 10.3. The van der Waals surface area contributed by atoms with Crippen LogP contribution in [0.2, 0.25) is 0 Å². The van der Waals surface area contributed by atoms with Crippen LogP contribution in [0.15, 0.2) is 12.3 Å². The van der Waals surface area contributed by atoms with E-state index in [1.165, 1.54) is 32.4 Å². The second kappa shape index (κ2) is 5.46. The van der Waals surface area contributed by atoms with E-state index in [1.54, 1.807) is 0 Å². The van der Waals surface area contributed by atoms with E-state index in [1.807, 2.05) is 17.9 Å². The molecule has 1 N–H and O–H groups in total. The van der Waals surface area contributed by atoms with Crippen molar-refractivity contribution in [1.82, 2.24) is 20.0 Å². The molecule has 0 aromatic carbocycles. The van der Waals surface area contributed by atoms with E-state index in [2.05, 4.69) is 28.4 Å². The lowest BCUT2D eigenvalue weighted by molar-refractivity contribution is 0.343. The van der Waals surface area contributed by atoms with E-state index in [0.717, 1.165) is 12.2 Å². The zero-order valence-corrected chi connectivity index (χ0v) is 10.3. The fourth-order valence-corrected chi connectivity index (χ4v) is 2.25. The molecule has 0 saturated carbocycles. The Kier molecular flexibility index (Phi) is 3.96. The van der Waals surface area contributed by atoms with E-state index in [-0.39, 0.29) is 0 Å². The SMILES string of the molecule is CN1CCCC(NCc2ccn(C)n2)CC1. The van der Waals surface area contributed by atoms with Crippen molar-refractivity contribution < 1.29 is 0 Å². The van der Waals surface area contributed by atoms with E-state index in [0.29, 0.717) is 6.04 Å². The van der Waals surface area contributed by atoms with Gasteiger partial charge in [-0.25, -0.2) is 0 Å². The second-order valence-electron chi connectivity index (χ2n) is 4.79. The highest BCUT2D eigenvalue weighted by atomic mass is 15.3. The van der Waals surface area contributed by atoms with E-state index < -0.39 is 0 Å². The van der Waals surface area contributed by atoms with Gasteiger partial charge in [0, 0.05) is 25.8 Å². The van der Waals surface area contributed by atoms with Gasteiger partial charge < -0.3 is 10.2 Å². The molecule has 0 amide bonds. The maximum atomic E-state index is 4.38. The molecule has 1 aromatic rings. The average Bonchev–Trinajstić information content (AvgIpc) is 2.56. The molecule has 1 unspecified atom stereocenters. The van der Waals surface area contributed by atoms with Crippen LogP contribution in [0, 0.1) is 0 Å². The normalized spacial score (nSPS) is 23.2. The minimum Gasteiger partial charge on any atom is -0.308 e. The Morgan fingerprint density at radius 2 is 2.25 bits per heavy atom. The number of nitrogens with one attached hydrogen (secondary N) is 1. The molecule has 90 valence electrons. The average molecular weight is 222 g/mol. The molecule has 1 saturated heterocycles. The van der Waals surface area contributed by atoms with Gasteiger partial charge in [-0.05, 0) is 45.5 Å². The van der Waals surface area contributed by atoms with Crippen LogP contribution in [0.5, 0.6) is 0 Å². The van der Waals surface area contributed by atoms with Crippen molar-refractivity contribution in [3.8, 4) is 0 Å². The predicted molar refractivity (Wildman–Crippen MR) is 65.2 cm³/mol. The lowest BCUT2D eigenvalue weighted by atomic mass is 10.1. The number of likely N-dealkylation sites (tertiary alicyclic amines) is 1. The highest BCUT2D eigenvalue weighted by molar-refractivity contribution is 4.98. The highest BCUT2D eigenvalue weighted by Gasteiger charge is 2.14. The van der Waals surface area contributed by atoms with E-state index in [9.17, 15) is 0 Å². The summed E-state index contributed by atoms with van der Waals surface area (Å²) in [5.74, 6) is 0. The number of aryl methyl sites for hydroxylation is 1. The first-order valence-electron chi connectivity index (χ1n) is 6.14. The number of hydrogen-bond donors (Lipinski definition) is 1. The summed E-state index contributed by atoms with van der Waals surface area (Å²) in [5, 5.41) is 7.99. The van der Waals surface area contributed by atoms with Crippen molar-refractivity contribution in [2.75, 3.05) is 20.1 Å². The van der Waals surface area contributed by atoms with Gasteiger partial charge in [-0.15, -0.1) is 0 Å². The van der Waals surface area contributed by atoms with Gasteiger partial charge in [0.05, 0.1) is 5.69 Å². The summed E-state index contributed by atoms with van der Waals surface area (Å²) in [4.78, 5) is 2.42. The van der Waals surface area contributed by atoms with Gasteiger partial charge in [0.25, 0.3) is 0 Å². The van der Waals surface area contributed by atoms with E-state index >= 15 is 0 Å². The fourth-order valence-electron chi connectivity index (χ4n) is 2.25. The molecule has 0 bridgehead atoms. The second-order valence-corrected chi connectivity index (χ2v) is 4.79. The predicted octanol–water partition coefficient (Wildman–Crippen LogP) is 0.994. The largest absolute Gasteiger partial charge is 0.308 e. The third kappa shape index (κ3) is 3.32. The Hall–Kier alpha value is -0.870. The first-order chi connectivity index (χ1) is 7.74. The Morgan fingerprint density at radius 3 is 3.00 bits per heavy atom. The lowest BCUT2D eigenvalue weighted by Crippen LogP contribution is -2.30. The molecule has 1 aliphatic rings. The molecule has 2 rings (SSSR count). The summed E-state index contributed by atoms with van der Waals surface area (Å²) in [7, 11) is 4.17. The van der Waals surface area contributed by atoms with Crippen LogP contribution in [0.4, 0.5) is 0 Å². The van der Waals surface area contributed by atoms with Gasteiger partial charge in [0.2, 0.25) is 0 Å². The number of nitrogens with zero attached hydrogens (tertiary/aromatic N) is 3. The summed E-state index contributed by atoms with van der Waals surface area (Å²) in [6, 6.07) is 2.74. The molecule has 0 aliphatic carbocycles. The molecule has 4 heteroatoms. The maximum absolute atomic E-state index is 4.38. The Balaban J connectivity index is 1.77. The van der Waals surface area contributed by atoms with Gasteiger partial charge >= 0.3 is 0 Å². The molecule has 1 atom stereocenters. The first kappa shape index (κ1) is 11.6. The van der Waals surface area contributed by atoms with Crippen LogP contribution in [0.1, 0.15) is 25.0 Å². The van der Waals surface area contributed by atoms with Crippen molar-refractivity contribution >= 4 is 0 Å². The van der Waals surface area contributed by atoms with Gasteiger partial charge in [-0.2, -0.15) is 5.10 Å². The minimum absolute atomic E-state index is 0.659. The topological polar surface area (TPSA) is 33.1 Å². The molecule has 1 fully saturated rings. The number of aromatic nitrogens is 2. The number of rotatable bonds is 3. The van der Waals surface area contributed by atoms with Gasteiger partial charge in [-0.3, -0.25) is 4.68 Å². The quantitative estimate of drug-likeness (QED) is 0.828. The van der Waals surface area contributed by atoms with Crippen LogP contribution < -0.4 is 5.32 Å². The Bertz CT molecular complexity index is 321. The van der Waals surface area contributed by atoms with Crippen LogP contribution in [-0.4, -0.2) is 40.9 Å². The smallest absolute Gasteiger partial charge is 0.0762 e. The Morgan fingerprint density at radius 1 is 1.38 bits per heavy atom. The Labute approximate surface area is 97.6 Å². The third-order valence-electron chi connectivity index (χ3n) is 3.29. The third-order valence-corrected chi connectivity index (χ3v) is 3.29. The van der Waals surface area contributed by atoms with Gasteiger partial charge in [0.1, 0.15) is 0 Å². The standard InChI is InChI=1S/C12H22N4/c1-15-7-3-4-11(5-8-15)13-10-12-6-9-16(2)14-12/h6,9,11,13H,3-5,7-8,10H2,1-2H3. The summed E-state index contributed by atoms with van der Waals surface area (Å²) < 4.78 is 1.86. The summed E-state index contributed by atoms with van der Waals surface area (Å²) in [6.07, 6.45) is 5.84. The molecule has 1 aromatic heterocycles. The molecule has 0 spiro atoms. The van der Waals surface area contributed by atoms with Gasteiger partial charge in [-0.1, -0.05) is 0 Å². The molecular formula is C12H22N4. The molecule has 0 radical (unpaired) electrons. The van der Waals surface area contributed by atoms with Crippen molar-refractivity contribution in [3.05, 3.63) is 18.0 Å². The molecule has 4 nitrogen and oxygen atoms in total. The van der Waals surface area contributed by atoms with Crippen molar-refractivity contribution in [2.24, 2.45) is 7.05 Å². The van der Waals surface area contributed by atoms with Crippen LogP contribution in [0.3, 0.4) is 0 Å². The van der Waals surface area contributed by atoms with E-state index in [4.69, 9.17) is 0 Å². The monoisotopic (exact) mass is 222 g/mol. The van der Waals surface area contributed by atoms with Crippen LogP contribution in [-0.2, 0) is 13.6 Å². The first-order valence-corrected chi connectivity index (χ1v) is 6.14. The van der Waals surface area contributed by atoms with Gasteiger partial charge in [0.15, 0.2) is 0 Å². The summed E-state index contributed by atoms with van der Waals surface area (Å²) in [6.45, 7) is 3.34.